The van der Waals surface area contributed by atoms with Gasteiger partial charge >= 0.3 is 0 Å². The largest absolute Gasteiger partial charge is 0.311 e. The summed E-state index contributed by atoms with van der Waals surface area (Å²) in [7, 11) is 0. The molecule has 0 N–H and O–H groups in total. The van der Waals surface area contributed by atoms with Crippen LogP contribution in [0.15, 0.2) is 200 Å². The summed E-state index contributed by atoms with van der Waals surface area (Å²) in [4.78, 5) is 8.95. The van der Waals surface area contributed by atoms with Crippen molar-refractivity contribution in [3.8, 4) is 33.4 Å². The molecule has 3 heteroatoms. The zero-order valence-electron chi connectivity index (χ0n) is 29.9. The molecule has 0 saturated carbocycles. The summed E-state index contributed by atoms with van der Waals surface area (Å²) in [5.74, 6) is 0. The highest BCUT2D eigenvalue weighted by Crippen LogP contribution is 2.52. The Morgan fingerprint density at radius 1 is 0.396 bits per heavy atom. The number of nitrogens with zero attached hydrogens (tertiary/aromatic N) is 3. The van der Waals surface area contributed by atoms with Gasteiger partial charge in [-0.25, -0.2) is 0 Å². The first-order chi connectivity index (χ1) is 26.0. The van der Waals surface area contributed by atoms with E-state index in [-0.39, 0.29) is 5.41 Å². The second-order valence-corrected chi connectivity index (χ2v) is 14.1. The fourth-order valence-electron chi connectivity index (χ4n) is 7.78. The van der Waals surface area contributed by atoms with Crippen molar-refractivity contribution in [2.75, 3.05) is 9.80 Å². The number of para-hydroxylation sites is 2. The van der Waals surface area contributed by atoms with E-state index in [4.69, 9.17) is 0 Å². The molecule has 254 valence electrons. The first kappa shape index (κ1) is 32.2. The van der Waals surface area contributed by atoms with Crippen LogP contribution in [0.25, 0.3) is 33.4 Å². The molecule has 0 radical (unpaired) electrons. The summed E-state index contributed by atoms with van der Waals surface area (Å²) in [6, 6.07) is 67.8. The van der Waals surface area contributed by atoms with Gasteiger partial charge in [0.2, 0.25) is 0 Å². The normalized spacial score (nSPS) is 12.8. The highest BCUT2D eigenvalue weighted by Gasteiger charge is 2.36. The summed E-state index contributed by atoms with van der Waals surface area (Å²) < 4.78 is 0. The van der Waals surface area contributed by atoms with Crippen LogP contribution in [0.1, 0.15) is 25.0 Å². The average Bonchev–Trinajstić information content (AvgIpc) is 3.23. The van der Waals surface area contributed by atoms with Crippen LogP contribution < -0.4 is 9.80 Å². The Hall–Kier alpha value is -6.71. The van der Waals surface area contributed by atoms with Crippen molar-refractivity contribution >= 4 is 34.1 Å². The molecule has 1 aromatic heterocycles. The molecule has 3 nitrogen and oxygen atoms in total. The van der Waals surface area contributed by atoms with Crippen LogP contribution in [0.4, 0.5) is 34.1 Å². The molecule has 0 fully saturated rings. The highest BCUT2D eigenvalue weighted by molar-refractivity contribution is 5.89. The molecule has 0 saturated heterocycles. The number of benzene rings is 7. The third-order valence-corrected chi connectivity index (χ3v) is 10.6. The monoisotopic (exact) mass is 681 g/mol. The zero-order valence-corrected chi connectivity index (χ0v) is 29.9. The smallest absolute Gasteiger partial charge is 0.0508 e. The van der Waals surface area contributed by atoms with Crippen LogP contribution in [0.5, 0.6) is 0 Å². The van der Waals surface area contributed by atoms with E-state index >= 15 is 0 Å². The van der Waals surface area contributed by atoms with Crippen molar-refractivity contribution in [1.82, 2.24) is 4.98 Å². The van der Waals surface area contributed by atoms with Crippen LogP contribution in [0.2, 0.25) is 0 Å². The predicted molar refractivity (Wildman–Crippen MR) is 222 cm³/mol. The quantitative estimate of drug-likeness (QED) is 0.167. The molecular formula is C50H39N3. The van der Waals surface area contributed by atoms with Gasteiger partial charge in [0, 0.05) is 40.6 Å². The lowest BCUT2D eigenvalue weighted by atomic mass is 9.73. The van der Waals surface area contributed by atoms with E-state index in [0.29, 0.717) is 0 Å². The Morgan fingerprint density at radius 2 is 0.830 bits per heavy atom. The van der Waals surface area contributed by atoms with Gasteiger partial charge in [0.1, 0.15) is 0 Å². The van der Waals surface area contributed by atoms with E-state index < -0.39 is 0 Å². The van der Waals surface area contributed by atoms with Crippen molar-refractivity contribution in [3.05, 3.63) is 212 Å². The summed E-state index contributed by atoms with van der Waals surface area (Å²) in [5, 5.41) is 0. The molecular weight excluding hydrogens is 643 g/mol. The summed E-state index contributed by atoms with van der Waals surface area (Å²) >= 11 is 0. The van der Waals surface area contributed by atoms with E-state index in [0.717, 1.165) is 33.9 Å². The van der Waals surface area contributed by atoms with Crippen LogP contribution in [-0.4, -0.2) is 4.98 Å². The standard InChI is InChI=1S/C50H39N3/c1-50(2)46-15-9-10-16-48(46)53(42-13-7-4-8-14-42)49-35-41(23-30-47(49)50)39-21-28-45(29-22-39)52(43-24-17-37(18-25-43)36-11-5-3-6-12-36)44-26-19-38(20-27-44)40-31-33-51-34-32-40/h3-35H,1-2H3. The molecule has 1 aliphatic rings. The van der Waals surface area contributed by atoms with E-state index in [1.165, 1.54) is 44.8 Å². The third kappa shape index (κ3) is 5.96. The maximum absolute atomic E-state index is 4.20. The minimum atomic E-state index is -0.136. The topological polar surface area (TPSA) is 19.4 Å². The number of rotatable bonds is 7. The van der Waals surface area contributed by atoms with Crippen molar-refractivity contribution < 1.29 is 0 Å². The van der Waals surface area contributed by atoms with Gasteiger partial charge in [-0.2, -0.15) is 0 Å². The number of fused-ring (bicyclic) bond motifs is 2. The summed E-state index contributed by atoms with van der Waals surface area (Å²) in [5.41, 5.74) is 16.5. The first-order valence-electron chi connectivity index (χ1n) is 18.2. The number of hydrogen-bond acceptors (Lipinski definition) is 3. The second-order valence-electron chi connectivity index (χ2n) is 14.1. The number of pyridine rings is 1. The maximum atomic E-state index is 4.20. The van der Waals surface area contributed by atoms with E-state index in [9.17, 15) is 0 Å². The SMILES string of the molecule is CC1(C)c2ccccc2N(c2ccccc2)c2cc(-c3ccc(N(c4ccc(-c5ccccc5)cc4)c4ccc(-c5ccncc5)cc4)cc3)ccc21. The maximum Gasteiger partial charge on any atom is 0.0508 e. The van der Waals surface area contributed by atoms with Crippen LogP contribution in [0.3, 0.4) is 0 Å². The highest BCUT2D eigenvalue weighted by atomic mass is 15.2. The van der Waals surface area contributed by atoms with E-state index in [1.54, 1.807) is 0 Å². The minimum absolute atomic E-state index is 0.136. The molecule has 0 bridgehead atoms. The van der Waals surface area contributed by atoms with Gasteiger partial charge in [-0.15, -0.1) is 0 Å². The molecule has 8 aromatic rings. The Bertz CT molecular complexity index is 2410. The second kappa shape index (κ2) is 13.4. The molecule has 0 atom stereocenters. The molecule has 9 rings (SSSR count). The number of aromatic nitrogens is 1. The molecule has 0 unspecified atom stereocenters. The van der Waals surface area contributed by atoms with Gasteiger partial charge < -0.3 is 9.80 Å². The lowest BCUT2D eigenvalue weighted by Gasteiger charge is -2.42. The molecule has 2 heterocycles. The lowest BCUT2D eigenvalue weighted by molar-refractivity contribution is 0.632. The van der Waals surface area contributed by atoms with Crippen LogP contribution >= 0.6 is 0 Å². The van der Waals surface area contributed by atoms with Crippen LogP contribution in [-0.2, 0) is 5.41 Å². The van der Waals surface area contributed by atoms with E-state index in [2.05, 4.69) is 205 Å². The Kier molecular flexibility index (Phi) is 8.17. The van der Waals surface area contributed by atoms with Crippen molar-refractivity contribution in [2.24, 2.45) is 0 Å². The van der Waals surface area contributed by atoms with Crippen molar-refractivity contribution in [3.63, 3.8) is 0 Å². The molecule has 0 amide bonds. The van der Waals surface area contributed by atoms with Crippen molar-refractivity contribution in [2.45, 2.75) is 19.3 Å². The molecule has 0 aliphatic carbocycles. The van der Waals surface area contributed by atoms with Gasteiger partial charge in [-0.05, 0) is 117 Å². The van der Waals surface area contributed by atoms with Gasteiger partial charge in [0.05, 0.1) is 11.4 Å². The Labute approximate surface area is 312 Å². The third-order valence-electron chi connectivity index (χ3n) is 10.6. The molecule has 7 aromatic carbocycles. The fourth-order valence-corrected chi connectivity index (χ4v) is 7.78. The first-order valence-corrected chi connectivity index (χ1v) is 18.2. The average molecular weight is 682 g/mol. The summed E-state index contributed by atoms with van der Waals surface area (Å²) in [6.45, 7) is 4.68. The van der Waals surface area contributed by atoms with Gasteiger partial charge in [0.15, 0.2) is 0 Å². The Balaban J connectivity index is 1.10. The van der Waals surface area contributed by atoms with Gasteiger partial charge in [-0.3, -0.25) is 4.98 Å². The number of hydrogen-bond donors (Lipinski definition) is 0. The minimum Gasteiger partial charge on any atom is -0.311 e. The predicted octanol–water partition coefficient (Wildman–Crippen LogP) is 13.7. The Morgan fingerprint density at radius 3 is 1.42 bits per heavy atom. The van der Waals surface area contributed by atoms with Gasteiger partial charge in [0.25, 0.3) is 0 Å². The van der Waals surface area contributed by atoms with Gasteiger partial charge in [-0.1, -0.05) is 129 Å². The zero-order chi connectivity index (χ0) is 35.8. The fraction of sp³-hybridized carbons (Fsp3) is 0.0600. The molecule has 1 aliphatic heterocycles. The molecule has 53 heavy (non-hydrogen) atoms. The van der Waals surface area contributed by atoms with Crippen molar-refractivity contribution in [1.29, 1.82) is 0 Å². The number of anilines is 6. The summed E-state index contributed by atoms with van der Waals surface area (Å²) in [6.07, 6.45) is 3.68. The molecule has 0 spiro atoms. The van der Waals surface area contributed by atoms with E-state index in [1.807, 2.05) is 24.5 Å². The lowest BCUT2D eigenvalue weighted by Crippen LogP contribution is -2.30. The van der Waals surface area contributed by atoms with Crippen LogP contribution in [0, 0.1) is 0 Å².